The number of para-hydroxylation sites is 1. The third-order valence-electron chi connectivity index (χ3n) is 5.30. The van der Waals surface area contributed by atoms with Crippen LogP contribution in [0.5, 0.6) is 0 Å². The van der Waals surface area contributed by atoms with Gasteiger partial charge in [0.2, 0.25) is 0 Å². The van der Waals surface area contributed by atoms with Crippen molar-refractivity contribution in [1.29, 1.82) is 0 Å². The minimum atomic E-state index is -0.291. The van der Waals surface area contributed by atoms with Gasteiger partial charge in [-0.2, -0.15) is 0 Å². The fourth-order valence-electron chi connectivity index (χ4n) is 3.54. The van der Waals surface area contributed by atoms with E-state index in [1.807, 2.05) is 57.3 Å². The summed E-state index contributed by atoms with van der Waals surface area (Å²) >= 11 is 0. The Morgan fingerprint density at radius 2 is 1.67 bits per heavy atom. The van der Waals surface area contributed by atoms with Crippen LogP contribution in [0.15, 0.2) is 60.4 Å². The fourth-order valence-corrected chi connectivity index (χ4v) is 3.54. The van der Waals surface area contributed by atoms with Gasteiger partial charge in [-0.1, -0.05) is 35.9 Å². The van der Waals surface area contributed by atoms with Gasteiger partial charge in [-0.3, -0.25) is 9.59 Å². The normalized spacial score (nSPS) is 11.5. The zero-order chi connectivity index (χ0) is 21.7. The molecule has 1 heterocycles. The van der Waals surface area contributed by atoms with E-state index in [9.17, 15) is 9.59 Å². The van der Waals surface area contributed by atoms with Gasteiger partial charge in [0.15, 0.2) is 0 Å². The van der Waals surface area contributed by atoms with Crippen LogP contribution in [-0.4, -0.2) is 34.4 Å². The van der Waals surface area contributed by atoms with Crippen LogP contribution >= 0.6 is 0 Å². The Kier molecular flexibility index (Phi) is 6.72. The zero-order valence-corrected chi connectivity index (χ0v) is 18.1. The van der Waals surface area contributed by atoms with Gasteiger partial charge in [0.1, 0.15) is 5.70 Å². The lowest BCUT2D eigenvalue weighted by Gasteiger charge is -2.21. The number of nitrogens with one attached hydrogen (secondary N) is 1. The second-order valence-electron chi connectivity index (χ2n) is 7.24. The first-order chi connectivity index (χ1) is 14.5. The highest BCUT2D eigenvalue weighted by molar-refractivity contribution is 6.06. The van der Waals surface area contributed by atoms with Crippen LogP contribution in [0.3, 0.4) is 0 Å². The Bertz CT molecular complexity index is 1070. The third-order valence-corrected chi connectivity index (χ3v) is 5.30. The van der Waals surface area contributed by atoms with E-state index in [4.69, 9.17) is 0 Å². The number of carbonyl (C=O) groups excluding carboxylic acids is 2. The number of nitrogens with zero attached hydrogens (tertiary/aromatic N) is 2. The predicted octanol–water partition coefficient (Wildman–Crippen LogP) is 4.61. The molecular weight excluding hydrogens is 374 g/mol. The molecule has 0 aliphatic heterocycles. The topological polar surface area (TPSA) is 54.3 Å². The first-order valence-electron chi connectivity index (χ1n) is 10.4. The van der Waals surface area contributed by atoms with Crippen molar-refractivity contribution in [2.75, 3.05) is 13.1 Å². The monoisotopic (exact) mass is 403 g/mol. The SMILES string of the molecule is CCN(CC)C(=O)/C(=C/c1cn(CC)c2ccccc12)NC(=O)c1ccc(C)cc1. The fraction of sp³-hybridized carbons (Fsp3) is 0.280. The zero-order valence-electron chi connectivity index (χ0n) is 18.1. The Labute approximate surface area is 178 Å². The number of carbonyl (C=O) groups is 2. The van der Waals surface area contributed by atoms with Crippen LogP contribution in [0, 0.1) is 6.92 Å². The van der Waals surface area contributed by atoms with Gasteiger partial charge in [-0.05, 0) is 52.0 Å². The molecule has 3 aromatic rings. The lowest BCUT2D eigenvalue weighted by Crippen LogP contribution is -2.38. The molecule has 30 heavy (non-hydrogen) atoms. The smallest absolute Gasteiger partial charge is 0.270 e. The van der Waals surface area contributed by atoms with Crippen LogP contribution in [-0.2, 0) is 11.3 Å². The number of amides is 2. The molecule has 0 radical (unpaired) electrons. The van der Waals surface area contributed by atoms with Crippen LogP contribution < -0.4 is 5.32 Å². The summed E-state index contributed by atoms with van der Waals surface area (Å²) in [5.74, 6) is -0.477. The van der Waals surface area contributed by atoms with Crippen molar-refractivity contribution in [3.05, 3.63) is 77.1 Å². The minimum absolute atomic E-state index is 0.186. The van der Waals surface area contributed by atoms with E-state index in [2.05, 4.69) is 22.9 Å². The summed E-state index contributed by atoms with van der Waals surface area (Å²) in [6, 6.07) is 15.4. The van der Waals surface area contributed by atoms with Gasteiger partial charge in [0.05, 0.1) is 0 Å². The lowest BCUT2D eigenvalue weighted by molar-refractivity contribution is -0.127. The van der Waals surface area contributed by atoms with Gasteiger partial charge >= 0.3 is 0 Å². The highest BCUT2D eigenvalue weighted by Gasteiger charge is 2.20. The summed E-state index contributed by atoms with van der Waals surface area (Å²) in [4.78, 5) is 27.7. The average molecular weight is 404 g/mol. The molecule has 0 atom stereocenters. The molecule has 0 unspecified atom stereocenters. The van der Waals surface area contributed by atoms with E-state index < -0.39 is 0 Å². The van der Waals surface area contributed by atoms with Gasteiger partial charge < -0.3 is 14.8 Å². The summed E-state index contributed by atoms with van der Waals surface area (Å²) in [6.07, 6.45) is 3.82. The molecule has 0 saturated heterocycles. The van der Waals surface area contributed by atoms with E-state index in [0.717, 1.165) is 28.6 Å². The Hall–Kier alpha value is -3.34. The second kappa shape index (κ2) is 9.44. The average Bonchev–Trinajstić information content (AvgIpc) is 3.12. The Morgan fingerprint density at radius 1 is 1.00 bits per heavy atom. The van der Waals surface area contributed by atoms with Crippen molar-refractivity contribution in [2.24, 2.45) is 0 Å². The molecule has 0 aliphatic carbocycles. The standard InChI is InChI=1S/C25H29N3O2/c1-5-27(6-2)25(30)22(26-24(29)19-14-12-18(4)13-15-19)16-20-17-28(7-3)23-11-9-8-10-21(20)23/h8-17H,5-7H2,1-4H3,(H,26,29)/b22-16-. The molecule has 0 fully saturated rings. The van der Waals surface area contributed by atoms with Crippen LogP contribution in [0.25, 0.3) is 17.0 Å². The van der Waals surface area contributed by atoms with Crippen molar-refractivity contribution >= 4 is 28.8 Å². The lowest BCUT2D eigenvalue weighted by atomic mass is 10.1. The van der Waals surface area contributed by atoms with Crippen molar-refractivity contribution in [3.63, 3.8) is 0 Å². The van der Waals surface area contributed by atoms with Crippen molar-refractivity contribution in [3.8, 4) is 0 Å². The number of benzene rings is 2. The second-order valence-corrected chi connectivity index (χ2v) is 7.24. The Balaban J connectivity index is 2.04. The first kappa shape index (κ1) is 21.4. The maximum Gasteiger partial charge on any atom is 0.270 e. The molecule has 5 heteroatoms. The highest BCUT2D eigenvalue weighted by atomic mass is 16.2. The Morgan fingerprint density at radius 3 is 2.30 bits per heavy atom. The largest absolute Gasteiger partial charge is 0.347 e. The quantitative estimate of drug-likeness (QED) is 0.586. The van der Waals surface area contributed by atoms with E-state index in [0.29, 0.717) is 18.7 Å². The van der Waals surface area contributed by atoms with Crippen LogP contribution in [0.2, 0.25) is 0 Å². The molecule has 2 amide bonds. The molecular formula is C25H29N3O2. The number of rotatable bonds is 7. The highest BCUT2D eigenvalue weighted by Crippen LogP contribution is 2.24. The van der Waals surface area contributed by atoms with Crippen LogP contribution in [0.4, 0.5) is 0 Å². The van der Waals surface area contributed by atoms with Crippen molar-refractivity contribution in [1.82, 2.24) is 14.8 Å². The summed E-state index contributed by atoms with van der Waals surface area (Å²) < 4.78 is 2.14. The van der Waals surface area contributed by atoms with Crippen LogP contribution in [0.1, 0.15) is 42.3 Å². The molecule has 0 bridgehead atoms. The summed E-state index contributed by atoms with van der Waals surface area (Å²) in [7, 11) is 0. The van der Waals surface area contributed by atoms with Gasteiger partial charge in [0, 0.05) is 47.9 Å². The summed E-state index contributed by atoms with van der Waals surface area (Å²) in [5, 5.41) is 3.91. The molecule has 0 saturated carbocycles. The van der Waals surface area contributed by atoms with Crippen molar-refractivity contribution in [2.45, 2.75) is 34.2 Å². The van der Waals surface area contributed by atoms with Crippen molar-refractivity contribution < 1.29 is 9.59 Å². The maximum atomic E-state index is 13.2. The van der Waals surface area contributed by atoms with Gasteiger partial charge in [-0.15, -0.1) is 0 Å². The molecule has 5 nitrogen and oxygen atoms in total. The molecule has 3 rings (SSSR count). The maximum absolute atomic E-state index is 13.2. The first-order valence-corrected chi connectivity index (χ1v) is 10.4. The number of hydrogen-bond donors (Lipinski definition) is 1. The number of likely N-dealkylation sites (N-methyl/N-ethyl adjacent to an activating group) is 1. The van der Waals surface area contributed by atoms with E-state index in [1.165, 1.54) is 0 Å². The number of fused-ring (bicyclic) bond motifs is 1. The number of hydrogen-bond acceptors (Lipinski definition) is 2. The minimum Gasteiger partial charge on any atom is -0.347 e. The van der Waals surface area contributed by atoms with Gasteiger partial charge in [-0.25, -0.2) is 0 Å². The van der Waals surface area contributed by atoms with Gasteiger partial charge in [0.25, 0.3) is 11.8 Å². The number of aromatic nitrogens is 1. The summed E-state index contributed by atoms with van der Waals surface area (Å²) in [5.41, 5.74) is 3.89. The molecule has 2 aromatic carbocycles. The third kappa shape index (κ3) is 4.46. The molecule has 1 aromatic heterocycles. The van der Waals surface area contributed by atoms with E-state index in [1.54, 1.807) is 23.1 Å². The molecule has 156 valence electrons. The van der Waals surface area contributed by atoms with E-state index in [-0.39, 0.29) is 17.5 Å². The molecule has 0 aliphatic rings. The predicted molar refractivity (Wildman–Crippen MR) is 122 cm³/mol. The number of aryl methyl sites for hydroxylation is 2. The molecule has 0 spiro atoms. The molecule has 1 N–H and O–H groups in total. The summed E-state index contributed by atoms with van der Waals surface area (Å²) in [6.45, 7) is 9.89. The van der Waals surface area contributed by atoms with E-state index >= 15 is 0 Å².